The first-order chi connectivity index (χ1) is 57.9. The molecule has 0 unspecified atom stereocenters. The van der Waals surface area contributed by atoms with Gasteiger partial charge in [0.05, 0.1) is 47.7 Å². The van der Waals surface area contributed by atoms with Crippen molar-refractivity contribution in [3.8, 4) is 57.1 Å². The number of likely N-dealkylation sites (N-methyl/N-ethyl adjacent to an activating group) is 1. The molecule has 8 amide bonds. The largest absolute Gasteiger partial charge is 0.508 e. The molecule has 2 fully saturated rings. The summed E-state index contributed by atoms with van der Waals surface area (Å²) in [5.74, 6) is -20.2. The number of carbonyl (C=O) groups is 10. The molecule has 12 rings (SSSR count). The van der Waals surface area contributed by atoms with Crippen LogP contribution in [0.5, 0.6) is 46.0 Å². The lowest BCUT2D eigenvalue weighted by Crippen LogP contribution is -2.65. The van der Waals surface area contributed by atoms with Gasteiger partial charge in [-0.3, -0.25) is 43.2 Å². The molecule has 5 aromatic rings. The van der Waals surface area contributed by atoms with Crippen molar-refractivity contribution >= 4 is 82.4 Å². The Balaban J connectivity index is 1.17. The van der Waals surface area contributed by atoms with Crippen molar-refractivity contribution in [2.45, 2.75) is 227 Å². The quantitative estimate of drug-likeness (QED) is 0.0294. The van der Waals surface area contributed by atoms with Gasteiger partial charge >= 0.3 is 11.9 Å². The Bertz CT molecular complexity index is 4660. The smallest absolute Gasteiger partial charge is 0.326 e. The van der Waals surface area contributed by atoms with Gasteiger partial charge in [0.15, 0.2) is 23.9 Å². The molecule has 0 spiro atoms. The lowest BCUT2D eigenvalue weighted by Gasteiger charge is -2.48. The number of aliphatic hydroxyl groups is 6. The molecule has 23 N–H and O–H groups in total. The van der Waals surface area contributed by atoms with Crippen molar-refractivity contribution in [2.24, 2.45) is 11.7 Å². The number of benzene rings is 5. The summed E-state index contributed by atoms with van der Waals surface area (Å²) in [6.07, 6.45) is -10.9. The van der Waals surface area contributed by atoms with E-state index in [1.807, 2.05) is 19.2 Å². The number of phenolic OH excluding ortho intramolecular Hbond substituents is 3. The number of aromatic hydroxyl groups is 3. The zero-order chi connectivity index (χ0) is 88.9. The van der Waals surface area contributed by atoms with Gasteiger partial charge in [0.25, 0.3) is 0 Å². The van der Waals surface area contributed by atoms with Crippen LogP contribution in [0.25, 0.3) is 11.1 Å². The highest BCUT2D eigenvalue weighted by Crippen LogP contribution is 2.50. The standard InChI is InChI=1S/C82H105Cl2N11O27/c1-7-8-9-10-11-12-13-14-21-87-22-23-88-82(5)34-59(117-37(4)72(82)107)121-71-69(106)68(105)56(35-96)120-81(71)122-70-54-28-41-29-55(70)119-53-20-17-40(27-46(53)84)67(104)65-79(114)93-63(77(112)90-49(80(115)116)33-58(101)102)44-30-42(97)31-51(99)60(44)43-25-38(15-18-50(43)98)61(75(110)95-65)92-76(111)62(41)91-74(109)48(32-57(85)100)89-78(113)64(94-73(108)47(86-6)24-36(2)3)66(103)39-16-19-52(118-54)45(83)26-39/h15-20,25-31,36-37,47-49,56,59,61-69,71-72,81,86-88,96-99,103-107H,7-14,21-24,32-35H2,1-6H3,(H2,85,100)(H,89,113)(H,90,112)(H,91,109)(H,92,111)(H,93,114)(H,94,108)(H,95,110)(H,101,102)(H,115,116)/t37-,47+,48-,49+,56+,59-,61+,62+,63-,64+,65-,66+,67+,68+,69-,71+,72+,81-,82-/m0/s1. The van der Waals surface area contributed by atoms with E-state index in [-0.39, 0.29) is 40.7 Å². The maximum absolute atomic E-state index is 16.3. The number of nitrogens with two attached hydrogens (primary N) is 1. The Morgan fingerprint density at radius 1 is 0.664 bits per heavy atom. The highest BCUT2D eigenvalue weighted by molar-refractivity contribution is 6.32. The van der Waals surface area contributed by atoms with E-state index in [0.29, 0.717) is 19.2 Å². The number of aliphatic carboxylic acids is 2. The van der Waals surface area contributed by atoms with E-state index in [9.17, 15) is 80.1 Å². The summed E-state index contributed by atoms with van der Waals surface area (Å²) in [5, 5.41) is 152. The maximum atomic E-state index is 16.3. The number of carboxylic acids is 2. The number of halogens is 2. The number of phenols is 3. The third kappa shape index (κ3) is 22.7. The van der Waals surface area contributed by atoms with Crippen LogP contribution in [-0.4, -0.2) is 234 Å². The third-order valence-electron chi connectivity index (χ3n) is 21.8. The first-order valence-electron chi connectivity index (χ1n) is 40.1. The minimum Gasteiger partial charge on any atom is -0.508 e. The SMILES string of the molecule is CCCCCCCCCCNCCN[C@@]1(C)C[C@H](O[C@H]2[C@H](Oc3c4cc5cc3Oc3ccc(cc3Cl)[C@@H](O)[C@@H](NC(=O)[C@@H](CC(C)C)NC)C(=O)N[C@@H](CC(N)=O)C(=O)N[C@H]5C(=O)N[C@H]3C(=O)N[C@H](C(=O)N[C@H](C(=O)N[C@H](CC(=O)O)C(=O)O)c5cc(O)cc(O)c5-c5cc3ccc5O)[C@H](O)c3ccc(c(Cl)c3)O4)O[C@H](CO)[C@@H](O)[C@@H]2O)O[C@@H](C)[C@H]1O. The van der Waals surface area contributed by atoms with Crippen molar-refractivity contribution in [2.75, 3.05) is 33.3 Å². The second kappa shape index (κ2) is 41.7. The molecule has 19 atom stereocenters. The van der Waals surface area contributed by atoms with Crippen molar-refractivity contribution in [3.05, 3.63) is 117 Å². The number of amides is 8. The molecule has 0 aliphatic carbocycles. The number of rotatable bonds is 30. The number of ether oxygens (including phenoxy) is 6. The van der Waals surface area contributed by atoms with Crippen LogP contribution in [-0.2, 0) is 62.2 Å². The molecule has 38 nitrogen and oxygen atoms in total. The van der Waals surface area contributed by atoms with Crippen LogP contribution in [0, 0.1) is 5.92 Å². The predicted octanol–water partition coefficient (Wildman–Crippen LogP) is 2.43. The lowest BCUT2D eigenvalue weighted by molar-refractivity contribution is -0.334. The van der Waals surface area contributed by atoms with E-state index in [4.69, 9.17) is 57.4 Å². The summed E-state index contributed by atoms with van der Waals surface area (Å²) in [6, 6.07) is -3.88. The number of carboxylic acid groups (broad SMARTS) is 2. The zero-order valence-corrected chi connectivity index (χ0v) is 69.1. The molecule has 0 saturated carbocycles. The minimum atomic E-state index is -2.44. The molecule has 7 aliphatic heterocycles. The lowest BCUT2D eigenvalue weighted by atomic mass is 9.85. The number of hydrogen-bond acceptors (Lipinski definition) is 28. The number of fused-ring (bicyclic) bond motifs is 15. The van der Waals surface area contributed by atoms with E-state index in [0.717, 1.165) is 99.3 Å². The predicted molar refractivity (Wildman–Crippen MR) is 433 cm³/mol. The van der Waals surface area contributed by atoms with Gasteiger partial charge in [0.2, 0.25) is 59.3 Å². The van der Waals surface area contributed by atoms with Crippen LogP contribution in [0.1, 0.15) is 170 Å². The number of hydrogen-bond donors (Lipinski definition) is 22. The van der Waals surface area contributed by atoms with Gasteiger partial charge in [0, 0.05) is 42.2 Å². The van der Waals surface area contributed by atoms with Crippen LogP contribution in [0.4, 0.5) is 0 Å². The molecular formula is C82H105Cl2N11O27. The van der Waals surface area contributed by atoms with Gasteiger partial charge in [-0.05, 0) is 129 Å². The molecule has 2 saturated heterocycles. The summed E-state index contributed by atoms with van der Waals surface area (Å²) in [5.41, 5.74) is 1.25. The van der Waals surface area contributed by atoms with Crippen LogP contribution >= 0.6 is 23.2 Å². The van der Waals surface area contributed by atoms with Gasteiger partial charge in [-0.15, -0.1) is 0 Å². The second-order valence-electron chi connectivity index (χ2n) is 31.4. The van der Waals surface area contributed by atoms with Gasteiger partial charge < -0.3 is 143 Å². The molecule has 0 aromatic heterocycles. The Morgan fingerprint density at radius 2 is 1.28 bits per heavy atom. The number of aliphatic hydroxyl groups excluding tert-OH is 6. The zero-order valence-electron chi connectivity index (χ0n) is 67.6. The molecule has 40 heteroatoms. The van der Waals surface area contributed by atoms with E-state index in [2.05, 4.69) is 54.8 Å². The molecular weight excluding hydrogens is 1640 g/mol. The number of nitrogens with one attached hydrogen (secondary N) is 10. The first kappa shape index (κ1) is 94.0. The van der Waals surface area contributed by atoms with E-state index in [1.54, 1.807) is 13.8 Å². The average Bonchev–Trinajstić information content (AvgIpc) is 0.759. The van der Waals surface area contributed by atoms with Gasteiger partial charge in [-0.25, -0.2) is 4.79 Å². The molecule has 11 bridgehead atoms. The monoisotopic (exact) mass is 1750 g/mol. The number of primary amides is 1. The van der Waals surface area contributed by atoms with Crippen molar-refractivity contribution in [1.29, 1.82) is 0 Å². The van der Waals surface area contributed by atoms with Crippen molar-refractivity contribution < 1.29 is 133 Å². The van der Waals surface area contributed by atoms with Gasteiger partial charge in [0.1, 0.15) is 102 Å². The van der Waals surface area contributed by atoms with Crippen LogP contribution < -0.4 is 73.1 Å². The second-order valence-corrected chi connectivity index (χ2v) is 32.3. The average molecular weight is 1750 g/mol. The topological polar surface area (TPSA) is 595 Å². The Hall–Kier alpha value is -10.3. The summed E-state index contributed by atoms with van der Waals surface area (Å²) in [7, 11) is 1.47. The fourth-order valence-electron chi connectivity index (χ4n) is 15.2. The van der Waals surface area contributed by atoms with Gasteiger partial charge in [-0.2, -0.15) is 0 Å². The highest BCUT2D eigenvalue weighted by Gasteiger charge is 2.52. The molecule has 7 aliphatic rings. The fraction of sp³-hybridized carbons (Fsp3) is 0.512. The summed E-state index contributed by atoms with van der Waals surface area (Å²) >= 11 is 14.3. The first-order valence-corrected chi connectivity index (χ1v) is 40.8. The molecule has 122 heavy (non-hydrogen) atoms. The number of carbonyl (C=O) groups excluding carboxylic acids is 8. The Morgan fingerprint density at radius 3 is 1.89 bits per heavy atom. The Labute approximate surface area is 710 Å². The minimum absolute atomic E-state index is 0.123. The molecule has 664 valence electrons. The summed E-state index contributed by atoms with van der Waals surface area (Å²) in [4.78, 5) is 145. The normalized spacial score (nSPS) is 26.6. The van der Waals surface area contributed by atoms with Crippen LogP contribution in [0.2, 0.25) is 10.0 Å². The maximum Gasteiger partial charge on any atom is 0.326 e. The van der Waals surface area contributed by atoms with E-state index in [1.165, 1.54) is 38.4 Å². The fourth-order valence-corrected chi connectivity index (χ4v) is 15.7. The van der Waals surface area contributed by atoms with E-state index >= 15 is 24.0 Å². The third-order valence-corrected chi connectivity index (χ3v) is 22.4. The van der Waals surface area contributed by atoms with Crippen LogP contribution in [0.15, 0.2) is 78.9 Å². The number of unbranched alkanes of at least 4 members (excludes halogenated alkanes) is 7. The van der Waals surface area contributed by atoms with Crippen LogP contribution in [0.3, 0.4) is 0 Å². The van der Waals surface area contributed by atoms with E-state index < -0.39 is 267 Å². The summed E-state index contributed by atoms with van der Waals surface area (Å²) < 4.78 is 39.4. The Kier molecular flexibility index (Phi) is 32.1. The van der Waals surface area contributed by atoms with Crippen molar-refractivity contribution in [1.82, 2.24) is 53.2 Å². The summed E-state index contributed by atoms with van der Waals surface area (Å²) in [6.45, 7) is 9.73. The molecule has 7 heterocycles. The van der Waals surface area contributed by atoms with Crippen molar-refractivity contribution in [3.63, 3.8) is 0 Å². The molecule has 5 aromatic carbocycles. The highest BCUT2D eigenvalue weighted by atomic mass is 35.5. The van der Waals surface area contributed by atoms with Gasteiger partial charge in [-0.1, -0.05) is 107 Å². The molecule has 0 radical (unpaired) electrons.